The summed E-state index contributed by atoms with van der Waals surface area (Å²) in [6.45, 7) is 0.866. The Kier molecular flexibility index (Phi) is 2.57. The van der Waals surface area contributed by atoms with E-state index in [1.54, 1.807) is 0 Å². The van der Waals surface area contributed by atoms with Gasteiger partial charge < -0.3 is 10.4 Å². The highest BCUT2D eigenvalue weighted by atomic mass is 16.3. The van der Waals surface area contributed by atoms with Crippen LogP contribution >= 0.6 is 0 Å². The molecule has 2 N–H and O–H groups in total. The molecule has 1 unspecified atom stereocenters. The van der Waals surface area contributed by atoms with Crippen LogP contribution in [0.3, 0.4) is 0 Å². The summed E-state index contributed by atoms with van der Waals surface area (Å²) in [5, 5.41) is 13.5. The molecule has 0 aromatic heterocycles. The van der Waals surface area contributed by atoms with E-state index >= 15 is 0 Å². The van der Waals surface area contributed by atoms with Crippen LogP contribution in [0.1, 0.15) is 24.0 Å². The lowest BCUT2D eigenvalue weighted by molar-refractivity contribution is 0.0303. The van der Waals surface area contributed by atoms with E-state index in [0.717, 1.165) is 31.4 Å². The van der Waals surface area contributed by atoms with Gasteiger partial charge in [0.25, 0.3) is 0 Å². The maximum Gasteiger partial charge on any atom is 0.0914 e. The summed E-state index contributed by atoms with van der Waals surface area (Å²) in [5.74, 6) is 0. The third-order valence-corrected chi connectivity index (χ3v) is 3.12. The highest BCUT2D eigenvalue weighted by Gasteiger charge is 2.35. The van der Waals surface area contributed by atoms with E-state index in [1.165, 1.54) is 5.56 Å². The van der Waals surface area contributed by atoms with Gasteiger partial charge in [0.05, 0.1) is 5.60 Å². The highest BCUT2D eigenvalue weighted by molar-refractivity contribution is 5.36. The van der Waals surface area contributed by atoms with Gasteiger partial charge in [-0.3, -0.25) is 0 Å². The summed E-state index contributed by atoms with van der Waals surface area (Å²) in [6.07, 6.45) is 2.69. The fourth-order valence-corrected chi connectivity index (χ4v) is 2.26. The fourth-order valence-electron chi connectivity index (χ4n) is 2.26. The molecule has 0 spiro atoms. The summed E-state index contributed by atoms with van der Waals surface area (Å²) >= 11 is 0. The lowest BCUT2D eigenvalue weighted by Gasteiger charge is -2.23. The number of rotatable bonds is 3. The molecule has 0 saturated carbocycles. The van der Waals surface area contributed by atoms with E-state index in [-0.39, 0.29) is 0 Å². The van der Waals surface area contributed by atoms with Crippen molar-refractivity contribution in [1.82, 2.24) is 5.32 Å². The minimum Gasteiger partial charge on any atom is -0.385 e. The molecule has 14 heavy (non-hydrogen) atoms. The normalized spacial score (nSPS) is 25.0. The third-order valence-electron chi connectivity index (χ3n) is 3.12. The first-order chi connectivity index (χ1) is 6.76. The second-order valence-electron chi connectivity index (χ2n) is 4.04. The van der Waals surface area contributed by atoms with Crippen LogP contribution in [0.4, 0.5) is 0 Å². The second kappa shape index (κ2) is 3.71. The molecule has 0 heterocycles. The molecule has 0 saturated heterocycles. The molecular formula is C12H17NO. The Bertz CT molecular complexity index is 324. The average molecular weight is 191 g/mol. The van der Waals surface area contributed by atoms with Crippen LogP contribution in [0.2, 0.25) is 0 Å². The van der Waals surface area contributed by atoms with E-state index < -0.39 is 5.60 Å². The second-order valence-corrected chi connectivity index (χ2v) is 4.04. The minimum atomic E-state index is -0.584. The minimum absolute atomic E-state index is 0.584. The standard InChI is InChI=1S/C12H17NO/c1-13-9-8-12(14)7-6-10-4-2-3-5-11(10)12/h2-5,13-14H,6-9H2,1H3. The Labute approximate surface area is 85.0 Å². The number of fused-ring (bicyclic) bond motifs is 1. The van der Waals surface area contributed by atoms with Crippen molar-refractivity contribution in [2.45, 2.75) is 24.9 Å². The zero-order valence-electron chi connectivity index (χ0n) is 8.59. The molecule has 76 valence electrons. The predicted octanol–water partition coefficient (Wildman–Crippen LogP) is 1.43. The van der Waals surface area contributed by atoms with Crippen LogP contribution in [-0.2, 0) is 12.0 Å². The number of aryl methyl sites for hydroxylation is 1. The van der Waals surface area contributed by atoms with Crippen molar-refractivity contribution in [3.63, 3.8) is 0 Å². The number of benzene rings is 1. The largest absolute Gasteiger partial charge is 0.385 e. The quantitative estimate of drug-likeness (QED) is 0.757. The molecule has 2 heteroatoms. The van der Waals surface area contributed by atoms with Gasteiger partial charge in [0.2, 0.25) is 0 Å². The lowest BCUT2D eigenvalue weighted by Crippen LogP contribution is -2.27. The van der Waals surface area contributed by atoms with Crippen LogP contribution in [0.5, 0.6) is 0 Å². The van der Waals surface area contributed by atoms with Crippen molar-refractivity contribution in [2.75, 3.05) is 13.6 Å². The van der Waals surface area contributed by atoms with Crippen molar-refractivity contribution >= 4 is 0 Å². The molecule has 0 aliphatic heterocycles. The number of nitrogens with one attached hydrogen (secondary N) is 1. The Hall–Kier alpha value is -0.860. The Morgan fingerprint density at radius 2 is 2.21 bits per heavy atom. The van der Waals surface area contributed by atoms with Crippen LogP contribution in [-0.4, -0.2) is 18.7 Å². The molecule has 1 aliphatic carbocycles. The van der Waals surface area contributed by atoms with E-state index in [1.807, 2.05) is 19.2 Å². The van der Waals surface area contributed by atoms with Crippen molar-refractivity contribution < 1.29 is 5.11 Å². The fraction of sp³-hybridized carbons (Fsp3) is 0.500. The zero-order chi connectivity index (χ0) is 10.0. The van der Waals surface area contributed by atoms with Gasteiger partial charge >= 0.3 is 0 Å². The van der Waals surface area contributed by atoms with Gasteiger partial charge in [-0.2, -0.15) is 0 Å². The first-order valence-electron chi connectivity index (χ1n) is 5.22. The number of aliphatic hydroxyl groups is 1. The molecular weight excluding hydrogens is 174 g/mol. The maximum absolute atomic E-state index is 10.4. The lowest BCUT2D eigenvalue weighted by atomic mass is 9.92. The Morgan fingerprint density at radius 1 is 1.43 bits per heavy atom. The molecule has 0 amide bonds. The SMILES string of the molecule is CNCCC1(O)CCc2ccccc21. The number of hydrogen-bond donors (Lipinski definition) is 2. The maximum atomic E-state index is 10.4. The van der Waals surface area contributed by atoms with Gasteiger partial charge in [0.15, 0.2) is 0 Å². The smallest absolute Gasteiger partial charge is 0.0914 e. The van der Waals surface area contributed by atoms with E-state index in [9.17, 15) is 5.11 Å². The van der Waals surface area contributed by atoms with E-state index in [2.05, 4.69) is 17.4 Å². The Morgan fingerprint density at radius 3 is 3.00 bits per heavy atom. The molecule has 0 radical (unpaired) electrons. The molecule has 2 rings (SSSR count). The van der Waals surface area contributed by atoms with Gasteiger partial charge in [0.1, 0.15) is 0 Å². The predicted molar refractivity (Wildman–Crippen MR) is 57.2 cm³/mol. The summed E-state index contributed by atoms with van der Waals surface area (Å²) in [6, 6.07) is 8.22. The van der Waals surface area contributed by atoms with Crippen LogP contribution in [0.25, 0.3) is 0 Å². The topological polar surface area (TPSA) is 32.3 Å². The third kappa shape index (κ3) is 1.56. The van der Waals surface area contributed by atoms with E-state index in [4.69, 9.17) is 0 Å². The molecule has 1 atom stereocenters. The first-order valence-corrected chi connectivity index (χ1v) is 5.22. The van der Waals surface area contributed by atoms with Gasteiger partial charge in [-0.1, -0.05) is 24.3 Å². The van der Waals surface area contributed by atoms with Gasteiger partial charge in [0, 0.05) is 0 Å². The van der Waals surface area contributed by atoms with Crippen molar-refractivity contribution in [3.8, 4) is 0 Å². The Balaban J connectivity index is 2.23. The summed E-state index contributed by atoms with van der Waals surface area (Å²) in [7, 11) is 1.92. The summed E-state index contributed by atoms with van der Waals surface area (Å²) < 4.78 is 0. The highest BCUT2D eigenvalue weighted by Crippen LogP contribution is 2.38. The molecule has 1 aliphatic rings. The summed E-state index contributed by atoms with van der Waals surface area (Å²) in [4.78, 5) is 0. The van der Waals surface area contributed by atoms with Crippen molar-refractivity contribution in [1.29, 1.82) is 0 Å². The molecule has 0 bridgehead atoms. The summed E-state index contributed by atoms with van der Waals surface area (Å²) in [5.41, 5.74) is 1.86. The molecule has 1 aromatic rings. The number of hydrogen-bond acceptors (Lipinski definition) is 2. The zero-order valence-corrected chi connectivity index (χ0v) is 8.59. The van der Waals surface area contributed by atoms with Gasteiger partial charge in [-0.15, -0.1) is 0 Å². The van der Waals surface area contributed by atoms with E-state index in [0.29, 0.717) is 0 Å². The van der Waals surface area contributed by atoms with Crippen molar-refractivity contribution in [3.05, 3.63) is 35.4 Å². The van der Waals surface area contributed by atoms with Crippen LogP contribution in [0, 0.1) is 0 Å². The molecule has 0 fully saturated rings. The molecule has 1 aromatic carbocycles. The van der Waals surface area contributed by atoms with Gasteiger partial charge in [-0.25, -0.2) is 0 Å². The van der Waals surface area contributed by atoms with Crippen LogP contribution in [0.15, 0.2) is 24.3 Å². The molecule has 2 nitrogen and oxygen atoms in total. The van der Waals surface area contributed by atoms with Gasteiger partial charge in [-0.05, 0) is 44.0 Å². The van der Waals surface area contributed by atoms with Crippen molar-refractivity contribution in [2.24, 2.45) is 0 Å². The monoisotopic (exact) mass is 191 g/mol. The first kappa shape index (κ1) is 9.69. The average Bonchev–Trinajstić information content (AvgIpc) is 2.55. The van der Waals surface area contributed by atoms with Crippen LogP contribution < -0.4 is 5.32 Å².